The zero-order valence-corrected chi connectivity index (χ0v) is 21.3. The van der Waals surface area contributed by atoms with Crippen LogP contribution in [0.5, 0.6) is 0 Å². The molecule has 0 spiro atoms. The number of nitrogens with one attached hydrogen (secondary N) is 2. The highest BCUT2D eigenvalue weighted by molar-refractivity contribution is 5.99. The molecule has 0 fully saturated rings. The minimum Gasteiger partial charge on any atom is -0.480 e. The summed E-state index contributed by atoms with van der Waals surface area (Å²) in [7, 11) is 1.79. The molecule has 4 rings (SSSR count). The number of rotatable bonds is 12. The molecule has 0 bridgehead atoms. The summed E-state index contributed by atoms with van der Waals surface area (Å²) in [6, 6.07) is 10.9. The van der Waals surface area contributed by atoms with Gasteiger partial charge in [-0.05, 0) is 36.8 Å². The molecule has 5 N–H and O–H groups in total. The number of carbonyl (C=O) groups is 5. The summed E-state index contributed by atoms with van der Waals surface area (Å²) in [5.74, 6) is -4.37. The third-order valence-corrected chi connectivity index (χ3v) is 6.25. The molecule has 2 heterocycles. The number of benzene rings is 2. The van der Waals surface area contributed by atoms with E-state index in [1.54, 1.807) is 19.2 Å². The van der Waals surface area contributed by atoms with Gasteiger partial charge in [0.05, 0.1) is 28.5 Å². The number of amides is 2. The number of imidazole rings is 2. The molecule has 2 aromatic carbocycles. The van der Waals surface area contributed by atoms with E-state index in [2.05, 4.69) is 20.3 Å². The van der Waals surface area contributed by atoms with Gasteiger partial charge in [0, 0.05) is 19.0 Å². The number of H-pyrrole nitrogens is 1. The molecule has 1 atom stereocenters. The number of hydrogen-bond acceptors (Lipinski definition) is 7. The number of aryl methyl sites for hydroxylation is 1. The van der Waals surface area contributed by atoms with Crippen LogP contribution in [0.4, 0.5) is 0 Å². The highest BCUT2D eigenvalue weighted by atomic mass is 16.4. The second-order valence-electron chi connectivity index (χ2n) is 9.11. The summed E-state index contributed by atoms with van der Waals surface area (Å²) >= 11 is 0. The quantitative estimate of drug-likeness (QED) is 0.169. The largest absolute Gasteiger partial charge is 0.480 e. The van der Waals surface area contributed by atoms with Crippen LogP contribution in [-0.4, -0.2) is 88.6 Å². The second-order valence-corrected chi connectivity index (χ2v) is 9.11. The summed E-state index contributed by atoms with van der Waals surface area (Å²) in [5, 5.41) is 29.8. The molecule has 2 amide bonds. The van der Waals surface area contributed by atoms with Crippen molar-refractivity contribution in [1.82, 2.24) is 29.7 Å². The van der Waals surface area contributed by atoms with Gasteiger partial charge in [-0.2, -0.15) is 0 Å². The molecule has 40 heavy (non-hydrogen) atoms. The van der Waals surface area contributed by atoms with Crippen molar-refractivity contribution in [2.45, 2.75) is 25.3 Å². The third-order valence-electron chi connectivity index (χ3n) is 6.25. The first-order valence-corrected chi connectivity index (χ1v) is 12.2. The maximum Gasteiger partial charge on any atom is 0.326 e. The smallest absolute Gasteiger partial charge is 0.326 e. The third kappa shape index (κ3) is 6.40. The Kier molecular flexibility index (Phi) is 8.07. The zero-order valence-electron chi connectivity index (χ0n) is 21.3. The fraction of sp³-hybridized carbons (Fsp3) is 0.269. The van der Waals surface area contributed by atoms with Crippen molar-refractivity contribution in [3.8, 4) is 0 Å². The van der Waals surface area contributed by atoms with Crippen LogP contribution in [0, 0.1) is 0 Å². The van der Waals surface area contributed by atoms with Gasteiger partial charge >= 0.3 is 17.9 Å². The predicted molar refractivity (Wildman–Crippen MR) is 140 cm³/mol. The first-order valence-electron chi connectivity index (χ1n) is 12.2. The van der Waals surface area contributed by atoms with Crippen molar-refractivity contribution < 1.29 is 39.3 Å². The van der Waals surface area contributed by atoms with Gasteiger partial charge in [-0.1, -0.05) is 12.1 Å². The molecule has 14 nitrogen and oxygen atoms in total. The lowest BCUT2D eigenvalue weighted by Gasteiger charge is -2.20. The molecule has 4 aromatic rings. The molecule has 0 unspecified atom stereocenters. The molecular weight excluding hydrogens is 524 g/mol. The highest BCUT2D eigenvalue weighted by Gasteiger charge is 2.25. The lowest BCUT2D eigenvalue weighted by molar-refractivity contribution is -0.150. The zero-order chi connectivity index (χ0) is 29.0. The van der Waals surface area contributed by atoms with Crippen molar-refractivity contribution in [3.05, 3.63) is 59.7 Å². The van der Waals surface area contributed by atoms with E-state index in [0.717, 1.165) is 16.9 Å². The van der Waals surface area contributed by atoms with Gasteiger partial charge in [0.2, 0.25) is 5.91 Å². The van der Waals surface area contributed by atoms with E-state index >= 15 is 0 Å². The molecule has 0 radical (unpaired) electrons. The second kappa shape index (κ2) is 11.6. The van der Waals surface area contributed by atoms with Crippen LogP contribution in [0.1, 0.15) is 34.8 Å². The van der Waals surface area contributed by atoms with E-state index in [-0.39, 0.29) is 12.0 Å². The van der Waals surface area contributed by atoms with Crippen LogP contribution in [0.2, 0.25) is 0 Å². The van der Waals surface area contributed by atoms with Crippen molar-refractivity contribution in [1.29, 1.82) is 0 Å². The maximum atomic E-state index is 12.9. The number of para-hydroxylation sites is 2. The summed E-state index contributed by atoms with van der Waals surface area (Å²) in [4.78, 5) is 71.9. The van der Waals surface area contributed by atoms with E-state index in [0.29, 0.717) is 28.2 Å². The molecule has 0 saturated heterocycles. The molecule has 0 aliphatic carbocycles. The summed E-state index contributed by atoms with van der Waals surface area (Å²) < 4.78 is 1.81. The average Bonchev–Trinajstić information content (AvgIpc) is 3.44. The number of carboxylic acid groups (broad SMARTS) is 3. The lowest BCUT2D eigenvalue weighted by atomic mass is 10.1. The standard InChI is InChI=1S/C26H26N6O8/c1-31-19-10-14(6-7-17(19)29-21(31)11-20-27-15-4-2-3-5-16(15)28-20)25(38)30-18(26(39)40)8-9-22(33)32(12-23(34)35)13-24(36)37/h2-7,10,18H,8-9,11-13H2,1H3,(H,27,28)(H,30,38)(H,34,35)(H,36,37)(H,39,40)/t18-/m0/s1. The molecule has 208 valence electrons. The predicted octanol–water partition coefficient (Wildman–Crippen LogP) is 1.00. The number of hydrogen-bond donors (Lipinski definition) is 5. The lowest BCUT2D eigenvalue weighted by Crippen LogP contribution is -2.43. The SMILES string of the molecule is Cn1c(Cc2nc3ccccc3[nH]2)nc2ccc(C(=O)N[C@@H](CCC(=O)N(CC(=O)O)CC(=O)O)C(=O)O)cc21. The number of nitrogens with zero attached hydrogens (tertiary/aromatic N) is 4. The molecule has 2 aromatic heterocycles. The summed E-state index contributed by atoms with van der Waals surface area (Å²) in [6.07, 6.45) is -0.438. The number of carboxylic acids is 3. The fourth-order valence-corrected chi connectivity index (χ4v) is 4.26. The monoisotopic (exact) mass is 550 g/mol. The first kappa shape index (κ1) is 27.8. The van der Waals surface area contributed by atoms with Gasteiger partial charge in [0.15, 0.2) is 0 Å². The topological polar surface area (TPSA) is 208 Å². The number of fused-ring (bicyclic) bond motifs is 2. The molecular formula is C26H26N6O8. The Morgan fingerprint density at radius 1 is 0.975 bits per heavy atom. The van der Waals surface area contributed by atoms with Gasteiger partial charge in [0.1, 0.15) is 30.8 Å². The first-order chi connectivity index (χ1) is 19.0. The normalized spacial score (nSPS) is 11.8. The van der Waals surface area contributed by atoms with Crippen molar-refractivity contribution in [2.24, 2.45) is 7.05 Å². The van der Waals surface area contributed by atoms with Gasteiger partial charge in [-0.3, -0.25) is 19.2 Å². The van der Waals surface area contributed by atoms with Crippen LogP contribution < -0.4 is 5.32 Å². The van der Waals surface area contributed by atoms with Crippen molar-refractivity contribution >= 4 is 51.8 Å². The van der Waals surface area contributed by atoms with Crippen LogP contribution in [0.25, 0.3) is 22.1 Å². The van der Waals surface area contributed by atoms with Crippen molar-refractivity contribution in [2.75, 3.05) is 13.1 Å². The maximum absolute atomic E-state index is 12.9. The Morgan fingerprint density at radius 3 is 2.33 bits per heavy atom. The summed E-state index contributed by atoms with van der Waals surface area (Å²) in [6.45, 7) is -1.70. The Balaban J connectivity index is 1.45. The van der Waals surface area contributed by atoms with Crippen LogP contribution in [0.3, 0.4) is 0 Å². The molecule has 0 saturated carbocycles. The van der Waals surface area contributed by atoms with Crippen molar-refractivity contribution in [3.63, 3.8) is 0 Å². The van der Waals surface area contributed by atoms with E-state index in [1.807, 2.05) is 28.8 Å². The highest BCUT2D eigenvalue weighted by Crippen LogP contribution is 2.20. The average molecular weight is 551 g/mol. The van der Waals surface area contributed by atoms with Gasteiger partial charge < -0.3 is 35.1 Å². The van der Waals surface area contributed by atoms with Gasteiger partial charge in [-0.25, -0.2) is 14.8 Å². The van der Waals surface area contributed by atoms with E-state index in [4.69, 9.17) is 10.2 Å². The number of carbonyl (C=O) groups excluding carboxylic acids is 2. The number of aromatic amines is 1. The van der Waals surface area contributed by atoms with Crippen LogP contribution >= 0.6 is 0 Å². The molecule has 0 aliphatic heterocycles. The van der Waals surface area contributed by atoms with Gasteiger partial charge in [0.25, 0.3) is 5.91 Å². The Bertz CT molecular complexity index is 1570. The van der Waals surface area contributed by atoms with E-state index in [9.17, 15) is 29.1 Å². The minimum atomic E-state index is -1.47. The Labute approximate surface area is 226 Å². The molecule has 0 aliphatic rings. The number of aromatic nitrogens is 4. The summed E-state index contributed by atoms with van der Waals surface area (Å²) in [5.41, 5.74) is 3.17. The van der Waals surface area contributed by atoms with Gasteiger partial charge in [-0.15, -0.1) is 0 Å². The number of aliphatic carboxylic acids is 3. The Morgan fingerprint density at radius 2 is 1.68 bits per heavy atom. The van der Waals surface area contributed by atoms with E-state index in [1.165, 1.54) is 6.07 Å². The van der Waals surface area contributed by atoms with Crippen LogP contribution in [-0.2, 0) is 32.6 Å². The van der Waals surface area contributed by atoms with E-state index < -0.39 is 55.3 Å². The minimum absolute atomic E-state index is 0.168. The van der Waals surface area contributed by atoms with Crippen LogP contribution in [0.15, 0.2) is 42.5 Å². The Hall–Kier alpha value is -5.27. The fourth-order valence-electron chi connectivity index (χ4n) is 4.26. The molecule has 14 heteroatoms.